The summed E-state index contributed by atoms with van der Waals surface area (Å²) in [5.41, 5.74) is 4.14. The molecule has 0 fully saturated rings. The van der Waals surface area contributed by atoms with Crippen LogP contribution in [0.2, 0.25) is 0 Å². The smallest absolute Gasteiger partial charge is 0.262 e. The third-order valence-corrected chi connectivity index (χ3v) is 6.03. The molecule has 2 aromatic carbocycles. The fourth-order valence-corrected chi connectivity index (χ4v) is 4.29. The maximum Gasteiger partial charge on any atom is 0.262 e. The summed E-state index contributed by atoms with van der Waals surface area (Å²) in [4.78, 5) is 0.183. The van der Waals surface area contributed by atoms with Gasteiger partial charge in [-0.25, -0.2) is 17.2 Å². The number of sulfonamides is 1. The van der Waals surface area contributed by atoms with Crippen molar-refractivity contribution < 1.29 is 17.2 Å². The maximum atomic E-state index is 13.3. The van der Waals surface area contributed by atoms with Crippen LogP contribution in [-0.4, -0.2) is 8.42 Å². The van der Waals surface area contributed by atoms with Crippen molar-refractivity contribution in [2.45, 2.75) is 39.5 Å². The molecular weight excluding hydrogens is 320 g/mol. The highest BCUT2D eigenvalue weighted by atomic mass is 32.2. The van der Waals surface area contributed by atoms with Crippen molar-refractivity contribution in [2.24, 2.45) is 0 Å². The Hall–Kier alpha value is -1.95. The summed E-state index contributed by atoms with van der Waals surface area (Å²) in [6.45, 7) is 9.17. The number of hydrogen-bond acceptors (Lipinski definition) is 2. The molecule has 23 heavy (non-hydrogen) atoms. The van der Waals surface area contributed by atoms with E-state index in [0.29, 0.717) is 11.1 Å². The second-order valence-electron chi connectivity index (χ2n) is 5.69. The molecule has 0 unspecified atom stereocenters. The molecule has 6 heteroatoms. The molecule has 0 saturated carbocycles. The van der Waals surface area contributed by atoms with Gasteiger partial charge in [0.25, 0.3) is 10.0 Å². The molecule has 0 aromatic heterocycles. The lowest BCUT2D eigenvalue weighted by molar-refractivity contribution is 0.509. The minimum atomic E-state index is -3.91. The van der Waals surface area contributed by atoms with Gasteiger partial charge in [-0.1, -0.05) is 0 Å². The monoisotopic (exact) mass is 339 g/mol. The van der Waals surface area contributed by atoms with Gasteiger partial charge in [0.05, 0.1) is 10.6 Å². The van der Waals surface area contributed by atoms with Crippen LogP contribution in [0, 0.1) is 46.3 Å². The molecule has 0 bridgehead atoms. The molecule has 124 valence electrons. The molecule has 3 nitrogen and oxygen atoms in total. The van der Waals surface area contributed by atoms with E-state index in [1.165, 1.54) is 6.07 Å². The van der Waals surface area contributed by atoms with Crippen LogP contribution in [0.15, 0.2) is 23.1 Å². The lowest BCUT2D eigenvalue weighted by atomic mass is 9.95. The van der Waals surface area contributed by atoms with Crippen molar-refractivity contribution >= 4 is 15.7 Å². The Morgan fingerprint density at radius 3 is 1.74 bits per heavy atom. The van der Waals surface area contributed by atoms with Crippen molar-refractivity contribution in [1.82, 2.24) is 0 Å². The van der Waals surface area contributed by atoms with E-state index in [1.54, 1.807) is 13.8 Å². The molecule has 0 aliphatic rings. The van der Waals surface area contributed by atoms with E-state index in [1.807, 2.05) is 20.8 Å². The third kappa shape index (κ3) is 3.08. The molecule has 1 N–H and O–H groups in total. The van der Waals surface area contributed by atoms with E-state index in [4.69, 9.17) is 0 Å². The molecule has 2 aromatic rings. The predicted octanol–water partition coefficient (Wildman–Crippen LogP) is 4.31. The molecule has 2 rings (SSSR count). The number of halogens is 2. The van der Waals surface area contributed by atoms with Crippen molar-refractivity contribution in [3.63, 3.8) is 0 Å². The minimum absolute atomic E-state index is 0.0152. The largest absolute Gasteiger partial charge is 0.280 e. The summed E-state index contributed by atoms with van der Waals surface area (Å²) in [5, 5.41) is 0. The third-order valence-electron chi connectivity index (χ3n) is 4.37. The number of anilines is 1. The van der Waals surface area contributed by atoms with E-state index < -0.39 is 21.7 Å². The van der Waals surface area contributed by atoms with Gasteiger partial charge in [0.15, 0.2) is 11.6 Å². The lowest BCUT2D eigenvalue weighted by Crippen LogP contribution is -2.18. The summed E-state index contributed by atoms with van der Waals surface area (Å²) >= 11 is 0. The topological polar surface area (TPSA) is 46.2 Å². The van der Waals surface area contributed by atoms with Gasteiger partial charge in [-0.2, -0.15) is 0 Å². The highest BCUT2D eigenvalue weighted by Crippen LogP contribution is 2.30. The quantitative estimate of drug-likeness (QED) is 0.906. The molecule has 0 radical (unpaired) electrons. The van der Waals surface area contributed by atoms with Crippen LogP contribution in [0.4, 0.5) is 14.5 Å². The molecule has 0 aliphatic carbocycles. The second-order valence-corrected chi connectivity index (χ2v) is 7.31. The van der Waals surface area contributed by atoms with Crippen molar-refractivity contribution in [2.75, 3.05) is 4.72 Å². The van der Waals surface area contributed by atoms with Crippen LogP contribution in [-0.2, 0) is 10.0 Å². The van der Waals surface area contributed by atoms with Crippen LogP contribution in [0.25, 0.3) is 0 Å². The summed E-state index contributed by atoms with van der Waals surface area (Å²) in [6.07, 6.45) is 0. The molecule has 0 saturated heterocycles. The maximum absolute atomic E-state index is 13.3. The molecular formula is C17H19F2NO2S. The summed E-state index contributed by atoms with van der Waals surface area (Å²) in [7, 11) is -3.91. The Kier molecular flexibility index (Phi) is 4.48. The molecule has 0 aliphatic heterocycles. The standard InChI is InChI=1S/C17H19F2NO2S/c1-9-10(2)12(4)17(13(5)11(9)3)23(21,22)20-14-6-7-15(18)16(19)8-14/h6-8,20H,1-5H3. The zero-order chi connectivity index (χ0) is 17.5. The summed E-state index contributed by atoms with van der Waals surface area (Å²) in [5.74, 6) is -2.13. The normalized spacial score (nSPS) is 11.6. The van der Waals surface area contributed by atoms with Crippen LogP contribution in [0.1, 0.15) is 27.8 Å². The highest BCUT2D eigenvalue weighted by molar-refractivity contribution is 7.92. The lowest BCUT2D eigenvalue weighted by Gasteiger charge is -2.19. The number of rotatable bonds is 3. The van der Waals surface area contributed by atoms with Gasteiger partial charge in [-0.05, 0) is 74.6 Å². The van der Waals surface area contributed by atoms with Gasteiger partial charge >= 0.3 is 0 Å². The van der Waals surface area contributed by atoms with Crippen molar-refractivity contribution in [3.05, 3.63) is 57.7 Å². The summed E-state index contributed by atoms with van der Waals surface area (Å²) in [6, 6.07) is 2.90. The summed E-state index contributed by atoms with van der Waals surface area (Å²) < 4.78 is 54.0. The van der Waals surface area contributed by atoms with Gasteiger partial charge in [0.2, 0.25) is 0 Å². The molecule has 0 heterocycles. The Labute approximate surface area is 135 Å². The zero-order valence-corrected chi connectivity index (χ0v) is 14.5. The highest BCUT2D eigenvalue weighted by Gasteiger charge is 2.24. The van der Waals surface area contributed by atoms with E-state index in [0.717, 1.165) is 28.8 Å². The second kappa shape index (κ2) is 5.92. The Balaban J connectivity index is 2.58. The van der Waals surface area contributed by atoms with Gasteiger partial charge in [0, 0.05) is 6.07 Å². The number of nitrogens with one attached hydrogen (secondary N) is 1. The van der Waals surface area contributed by atoms with Gasteiger partial charge in [0.1, 0.15) is 0 Å². The van der Waals surface area contributed by atoms with E-state index in [-0.39, 0.29) is 10.6 Å². The first kappa shape index (κ1) is 17.4. The van der Waals surface area contributed by atoms with Crippen LogP contribution >= 0.6 is 0 Å². The average molecular weight is 339 g/mol. The molecule has 0 spiro atoms. The average Bonchev–Trinajstić information content (AvgIpc) is 2.46. The van der Waals surface area contributed by atoms with Gasteiger partial charge in [-0.3, -0.25) is 4.72 Å². The SMILES string of the molecule is Cc1c(C)c(C)c(S(=O)(=O)Nc2ccc(F)c(F)c2)c(C)c1C. The van der Waals surface area contributed by atoms with E-state index in [2.05, 4.69) is 4.72 Å². The number of hydrogen-bond donors (Lipinski definition) is 1. The molecule has 0 atom stereocenters. The number of benzene rings is 2. The predicted molar refractivity (Wildman–Crippen MR) is 87.3 cm³/mol. The van der Waals surface area contributed by atoms with Crippen molar-refractivity contribution in [3.8, 4) is 0 Å². The Morgan fingerprint density at radius 1 is 0.783 bits per heavy atom. The first-order valence-electron chi connectivity index (χ1n) is 7.11. The van der Waals surface area contributed by atoms with Crippen LogP contribution in [0.3, 0.4) is 0 Å². The van der Waals surface area contributed by atoms with Gasteiger partial charge < -0.3 is 0 Å². The van der Waals surface area contributed by atoms with Crippen LogP contribution < -0.4 is 4.72 Å². The Bertz CT molecular complexity index is 861. The van der Waals surface area contributed by atoms with Crippen LogP contribution in [0.5, 0.6) is 0 Å². The van der Waals surface area contributed by atoms with E-state index >= 15 is 0 Å². The van der Waals surface area contributed by atoms with Gasteiger partial charge in [-0.15, -0.1) is 0 Å². The first-order chi connectivity index (χ1) is 10.6. The minimum Gasteiger partial charge on any atom is -0.280 e. The molecule has 0 amide bonds. The fraction of sp³-hybridized carbons (Fsp3) is 0.294. The fourth-order valence-electron chi connectivity index (χ4n) is 2.63. The zero-order valence-electron chi connectivity index (χ0n) is 13.7. The first-order valence-corrected chi connectivity index (χ1v) is 8.59. The van der Waals surface area contributed by atoms with Crippen molar-refractivity contribution in [1.29, 1.82) is 0 Å². The van der Waals surface area contributed by atoms with E-state index in [9.17, 15) is 17.2 Å². The Morgan fingerprint density at radius 2 is 1.26 bits per heavy atom.